The number of hydrogen-bond donors (Lipinski definition) is 2. The predicted molar refractivity (Wildman–Crippen MR) is 96.7 cm³/mol. The summed E-state index contributed by atoms with van der Waals surface area (Å²) in [4.78, 5) is 11.5. The smallest absolute Gasteiger partial charge is 0.325 e. The number of halogens is 6. The highest BCUT2D eigenvalue weighted by atomic mass is 35.5. The molecule has 2 rings (SSSR count). The summed E-state index contributed by atoms with van der Waals surface area (Å²) < 4.78 is 64.8. The van der Waals surface area contributed by atoms with Crippen molar-refractivity contribution in [2.45, 2.75) is 11.1 Å². The van der Waals surface area contributed by atoms with Gasteiger partial charge in [-0.25, -0.2) is 13.1 Å². The third kappa shape index (κ3) is 5.73. The van der Waals surface area contributed by atoms with Crippen LogP contribution in [0.4, 0.5) is 18.9 Å². The number of alkyl halides is 3. The average molecular weight is 462 g/mol. The van der Waals surface area contributed by atoms with E-state index in [2.05, 4.69) is 5.32 Å². The molecule has 0 aromatic heterocycles. The Morgan fingerprint density at radius 1 is 1.00 bits per heavy atom. The molecule has 0 radical (unpaired) electrons. The fraction of sp³-hybridized carbons (Fsp3) is 0.133. The monoisotopic (exact) mass is 460 g/mol. The van der Waals surface area contributed by atoms with Gasteiger partial charge in [-0.1, -0.05) is 34.8 Å². The molecule has 0 aliphatic carbocycles. The van der Waals surface area contributed by atoms with Crippen LogP contribution in [0.5, 0.6) is 0 Å². The molecule has 1 amide bonds. The van der Waals surface area contributed by atoms with Crippen molar-refractivity contribution in [2.24, 2.45) is 0 Å². The number of benzene rings is 2. The van der Waals surface area contributed by atoms with Crippen molar-refractivity contribution in [3.63, 3.8) is 0 Å². The van der Waals surface area contributed by atoms with Crippen LogP contribution in [0.2, 0.25) is 15.1 Å². The van der Waals surface area contributed by atoms with Crippen LogP contribution in [0, 0.1) is 0 Å². The van der Waals surface area contributed by atoms with Gasteiger partial charge in [0.1, 0.15) is 4.90 Å². The lowest BCUT2D eigenvalue weighted by Crippen LogP contribution is -2.33. The van der Waals surface area contributed by atoms with E-state index in [0.717, 1.165) is 18.2 Å². The summed E-state index contributed by atoms with van der Waals surface area (Å²) in [7, 11) is -4.17. The molecule has 0 fully saturated rings. The third-order valence-electron chi connectivity index (χ3n) is 3.16. The molecule has 0 spiro atoms. The predicted octanol–water partition coefficient (Wildman–Crippen LogP) is 4.58. The highest BCUT2D eigenvalue weighted by molar-refractivity contribution is 7.89. The first kappa shape index (κ1) is 21.8. The standard InChI is InChI=1S/C15H10Cl3F3N2O3S/c16-8-1-3-12(18)13(5-8)27(25,26)22-7-14(24)23-9-2-4-11(17)10(6-9)15(19,20)21/h1-6,22H,7H2,(H,23,24). The second-order valence-electron chi connectivity index (χ2n) is 5.14. The van der Waals surface area contributed by atoms with Gasteiger partial charge in [-0.2, -0.15) is 13.2 Å². The second kappa shape index (κ2) is 8.24. The van der Waals surface area contributed by atoms with Gasteiger partial charge in [0.25, 0.3) is 0 Å². The Balaban J connectivity index is 2.09. The molecule has 0 bridgehead atoms. The molecule has 0 saturated heterocycles. The number of sulfonamides is 1. The minimum Gasteiger partial charge on any atom is -0.325 e. The zero-order valence-electron chi connectivity index (χ0n) is 13.1. The molecule has 5 nitrogen and oxygen atoms in total. The minimum atomic E-state index is -4.71. The molecule has 0 heterocycles. The number of carbonyl (C=O) groups excluding carboxylic acids is 1. The van der Waals surface area contributed by atoms with Crippen LogP contribution in [-0.2, 0) is 21.0 Å². The summed E-state index contributed by atoms with van der Waals surface area (Å²) >= 11 is 17.0. The number of hydrogen-bond acceptors (Lipinski definition) is 3. The normalized spacial score (nSPS) is 12.1. The van der Waals surface area contributed by atoms with E-state index in [4.69, 9.17) is 34.8 Å². The lowest BCUT2D eigenvalue weighted by Gasteiger charge is -2.12. The van der Waals surface area contributed by atoms with Crippen LogP contribution in [-0.4, -0.2) is 20.9 Å². The molecule has 0 aliphatic rings. The SMILES string of the molecule is O=C(CNS(=O)(=O)c1cc(Cl)ccc1Cl)Nc1ccc(Cl)c(C(F)(F)F)c1. The van der Waals surface area contributed by atoms with E-state index in [1.807, 2.05) is 4.72 Å². The van der Waals surface area contributed by atoms with Crippen LogP contribution >= 0.6 is 34.8 Å². The van der Waals surface area contributed by atoms with E-state index in [1.165, 1.54) is 12.1 Å². The maximum absolute atomic E-state index is 12.8. The largest absolute Gasteiger partial charge is 0.417 e. The Kier molecular flexibility index (Phi) is 6.64. The van der Waals surface area contributed by atoms with Gasteiger partial charge in [0, 0.05) is 10.7 Å². The first-order valence-corrected chi connectivity index (χ1v) is 9.63. The molecule has 2 N–H and O–H groups in total. The third-order valence-corrected chi connectivity index (χ3v) is 5.61. The van der Waals surface area contributed by atoms with Gasteiger partial charge in [0.05, 0.1) is 22.2 Å². The van der Waals surface area contributed by atoms with Gasteiger partial charge in [0.2, 0.25) is 15.9 Å². The Labute approximate surface area is 167 Å². The Bertz CT molecular complexity index is 982. The maximum atomic E-state index is 12.8. The van der Waals surface area contributed by atoms with Crippen molar-refractivity contribution in [1.82, 2.24) is 4.72 Å². The molecular formula is C15H10Cl3F3N2O3S. The van der Waals surface area contributed by atoms with Gasteiger partial charge in [-0.05, 0) is 36.4 Å². The van der Waals surface area contributed by atoms with E-state index in [0.29, 0.717) is 6.07 Å². The Hall–Kier alpha value is -1.52. The van der Waals surface area contributed by atoms with Crippen LogP contribution in [0.25, 0.3) is 0 Å². The molecule has 0 unspecified atom stereocenters. The van der Waals surface area contributed by atoms with Crippen LogP contribution in [0.15, 0.2) is 41.3 Å². The first-order valence-electron chi connectivity index (χ1n) is 7.01. The lowest BCUT2D eigenvalue weighted by atomic mass is 10.2. The van der Waals surface area contributed by atoms with Crippen molar-refractivity contribution >= 4 is 56.4 Å². The fourth-order valence-electron chi connectivity index (χ4n) is 1.95. The van der Waals surface area contributed by atoms with E-state index < -0.39 is 39.2 Å². The van der Waals surface area contributed by atoms with E-state index >= 15 is 0 Å². The molecule has 0 atom stereocenters. The summed E-state index contributed by atoms with van der Waals surface area (Å²) in [6, 6.07) is 6.51. The first-order chi connectivity index (χ1) is 12.4. The summed E-state index contributed by atoms with van der Waals surface area (Å²) in [6.07, 6.45) is -4.71. The minimum absolute atomic E-state index is 0.111. The van der Waals surface area contributed by atoms with Gasteiger partial charge < -0.3 is 5.32 Å². The summed E-state index contributed by atoms with van der Waals surface area (Å²) in [6.45, 7) is -0.741. The van der Waals surface area contributed by atoms with Crippen molar-refractivity contribution in [3.05, 3.63) is 57.0 Å². The molecule has 2 aromatic carbocycles. The zero-order valence-corrected chi connectivity index (χ0v) is 16.2. The van der Waals surface area contributed by atoms with Crippen LogP contribution in [0.1, 0.15) is 5.56 Å². The number of amides is 1. The number of nitrogens with one attached hydrogen (secondary N) is 2. The van der Waals surface area contributed by atoms with Crippen LogP contribution in [0.3, 0.4) is 0 Å². The highest BCUT2D eigenvalue weighted by Crippen LogP contribution is 2.36. The second-order valence-corrected chi connectivity index (χ2v) is 8.13. The van der Waals surface area contributed by atoms with Crippen molar-refractivity contribution in [3.8, 4) is 0 Å². The van der Waals surface area contributed by atoms with Gasteiger partial charge in [-0.3, -0.25) is 4.79 Å². The summed E-state index contributed by atoms with van der Waals surface area (Å²) in [5.74, 6) is -0.896. The van der Waals surface area contributed by atoms with Crippen molar-refractivity contribution < 1.29 is 26.4 Å². The maximum Gasteiger partial charge on any atom is 0.417 e. The zero-order chi connectivity index (χ0) is 20.4. The van der Waals surface area contributed by atoms with Gasteiger partial charge >= 0.3 is 6.18 Å². The number of carbonyl (C=O) groups is 1. The van der Waals surface area contributed by atoms with Gasteiger partial charge in [-0.15, -0.1) is 0 Å². The molecule has 0 aliphatic heterocycles. The lowest BCUT2D eigenvalue weighted by molar-refractivity contribution is -0.137. The fourth-order valence-corrected chi connectivity index (χ4v) is 3.91. The van der Waals surface area contributed by atoms with E-state index in [1.54, 1.807) is 0 Å². The molecular weight excluding hydrogens is 452 g/mol. The van der Waals surface area contributed by atoms with E-state index in [-0.39, 0.29) is 20.6 Å². The average Bonchev–Trinajstić information content (AvgIpc) is 2.56. The Morgan fingerprint density at radius 2 is 1.63 bits per heavy atom. The van der Waals surface area contributed by atoms with Gasteiger partial charge in [0.15, 0.2) is 0 Å². The molecule has 146 valence electrons. The van der Waals surface area contributed by atoms with Crippen molar-refractivity contribution in [2.75, 3.05) is 11.9 Å². The highest BCUT2D eigenvalue weighted by Gasteiger charge is 2.33. The van der Waals surface area contributed by atoms with Crippen LogP contribution < -0.4 is 10.0 Å². The van der Waals surface area contributed by atoms with E-state index in [9.17, 15) is 26.4 Å². The van der Waals surface area contributed by atoms with Crippen molar-refractivity contribution in [1.29, 1.82) is 0 Å². The number of anilines is 1. The topological polar surface area (TPSA) is 75.3 Å². The molecule has 0 saturated carbocycles. The molecule has 27 heavy (non-hydrogen) atoms. The Morgan fingerprint density at radius 3 is 2.26 bits per heavy atom. The summed E-state index contributed by atoms with van der Waals surface area (Å²) in [5.41, 5.74) is -1.33. The quantitative estimate of drug-likeness (QED) is 0.684. The number of rotatable bonds is 5. The molecule has 12 heteroatoms. The molecule has 2 aromatic rings. The summed E-state index contributed by atoms with van der Waals surface area (Å²) in [5, 5.41) is 1.62.